The van der Waals surface area contributed by atoms with Gasteiger partial charge in [0.25, 0.3) is 0 Å². The quantitative estimate of drug-likeness (QED) is 0.246. The number of carbonyl (C=O) groups is 1. The zero-order valence-electron chi connectivity index (χ0n) is 15.7. The number of hydrogen-bond donors (Lipinski definition) is 1. The van der Waals surface area contributed by atoms with Crippen LogP contribution in [0.3, 0.4) is 0 Å². The Morgan fingerprint density at radius 2 is 0.826 bits per heavy atom. The number of carboxylic acids is 1. The maximum absolute atomic E-state index is 10.4. The molecule has 1 N–H and O–H groups in total. The first-order valence-electron chi connectivity index (χ1n) is 9.99. The molecule has 3 radical (unpaired) electrons. The van der Waals surface area contributed by atoms with E-state index in [0.717, 1.165) is 12.8 Å². The van der Waals surface area contributed by atoms with E-state index in [1.807, 2.05) is 0 Å². The van der Waals surface area contributed by atoms with Crippen LogP contribution in [-0.2, 0) is 4.79 Å². The van der Waals surface area contributed by atoms with Crippen molar-refractivity contribution in [1.82, 2.24) is 0 Å². The number of rotatable bonds is 18. The van der Waals surface area contributed by atoms with Gasteiger partial charge in [-0.1, -0.05) is 110 Å². The van der Waals surface area contributed by atoms with Crippen LogP contribution in [0.25, 0.3) is 0 Å². The average Bonchev–Trinajstić information content (AvgIpc) is 2.50. The summed E-state index contributed by atoms with van der Waals surface area (Å²) < 4.78 is 0. The molecular weight excluding hydrogens is 387 g/mol. The molecule has 23 heavy (non-hydrogen) atoms. The van der Waals surface area contributed by atoms with Crippen LogP contribution in [0.1, 0.15) is 122 Å². The monoisotopic (exact) mass is 427 g/mol. The van der Waals surface area contributed by atoms with Gasteiger partial charge in [-0.15, -0.1) is 0 Å². The van der Waals surface area contributed by atoms with Gasteiger partial charge in [-0.2, -0.15) is 0 Å². The molecule has 0 rings (SSSR count). The first kappa shape index (κ1) is 25.6. The van der Waals surface area contributed by atoms with E-state index in [2.05, 4.69) is 6.92 Å². The van der Waals surface area contributed by atoms with E-state index in [4.69, 9.17) is 5.11 Å². The summed E-state index contributed by atoms with van der Waals surface area (Å²) in [4.78, 5) is 10.4. The molecule has 0 unspecified atom stereocenters. The normalized spacial score (nSPS) is 10.5. The van der Waals surface area contributed by atoms with Crippen molar-refractivity contribution in [3.8, 4) is 0 Å². The maximum atomic E-state index is 10.4. The van der Waals surface area contributed by atoms with Crippen LogP contribution in [0, 0.1) is 0 Å². The van der Waals surface area contributed by atoms with Crippen LogP contribution in [0.4, 0.5) is 0 Å². The van der Waals surface area contributed by atoms with Crippen LogP contribution in [-0.4, -0.2) is 36.9 Å². The third-order valence-corrected chi connectivity index (χ3v) is 4.49. The number of unbranched alkanes of at least 4 members (excludes halogenated alkanes) is 16. The Kier molecular flexibility index (Phi) is 24.8. The Hall–Kier alpha value is 0.340. The van der Waals surface area contributed by atoms with Crippen molar-refractivity contribution in [2.75, 3.05) is 0 Å². The Bertz CT molecular complexity index is 232. The van der Waals surface area contributed by atoms with Crippen LogP contribution in [0.5, 0.6) is 0 Å². The molecule has 0 aliphatic heterocycles. The molecule has 135 valence electrons. The van der Waals surface area contributed by atoms with Crippen molar-refractivity contribution in [2.45, 2.75) is 122 Å². The Labute approximate surface area is 164 Å². The first-order valence-corrected chi connectivity index (χ1v) is 9.99. The van der Waals surface area contributed by atoms with E-state index in [9.17, 15) is 4.79 Å². The van der Waals surface area contributed by atoms with Crippen LogP contribution < -0.4 is 0 Å². The van der Waals surface area contributed by atoms with E-state index in [0.29, 0.717) is 6.42 Å². The molecule has 3 heteroatoms. The van der Waals surface area contributed by atoms with Gasteiger partial charge in [0.05, 0.1) is 0 Å². The minimum atomic E-state index is -0.652. The molecule has 0 aliphatic rings. The summed E-state index contributed by atoms with van der Waals surface area (Å²) in [5.74, 6) is -0.652. The maximum Gasteiger partial charge on any atom is 0.303 e. The van der Waals surface area contributed by atoms with Crippen molar-refractivity contribution in [3.63, 3.8) is 0 Å². The van der Waals surface area contributed by atoms with Gasteiger partial charge in [0.15, 0.2) is 0 Å². The number of aliphatic carboxylic acids is 1. The topological polar surface area (TPSA) is 37.3 Å². The van der Waals surface area contributed by atoms with Crippen molar-refractivity contribution in [3.05, 3.63) is 0 Å². The molecule has 0 fully saturated rings. The van der Waals surface area contributed by atoms with Gasteiger partial charge in [0.1, 0.15) is 0 Å². The molecule has 0 aromatic heterocycles. The summed E-state index contributed by atoms with van der Waals surface area (Å²) in [7, 11) is 0. The molecule has 0 aliphatic carbocycles. The average molecular weight is 427 g/mol. The molecule has 0 aromatic rings. The first-order chi connectivity index (χ1) is 10.8. The van der Waals surface area contributed by atoms with Crippen LogP contribution >= 0.6 is 0 Å². The van der Waals surface area contributed by atoms with E-state index >= 15 is 0 Å². The molecule has 0 amide bonds. The summed E-state index contributed by atoms with van der Waals surface area (Å²) in [6.07, 6.45) is 23.1. The summed E-state index contributed by atoms with van der Waals surface area (Å²) in [6, 6.07) is 0. The third-order valence-electron chi connectivity index (χ3n) is 4.49. The van der Waals surface area contributed by atoms with Crippen LogP contribution in [0.2, 0.25) is 0 Å². The Balaban J connectivity index is 0. The standard InChI is InChI=1S/C20H40O2.In/c1-2-3-4-5-6-7-8-9-10-11-12-13-14-15-16-17-18-19-20(21)22;/h2-19H2,1H3,(H,21,22);. The van der Waals surface area contributed by atoms with Gasteiger partial charge < -0.3 is 5.11 Å². The fourth-order valence-electron chi connectivity index (χ4n) is 3.00. The molecule has 0 bridgehead atoms. The summed E-state index contributed by atoms with van der Waals surface area (Å²) in [5, 5.41) is 8.54. The molecule has 0 saturated heterocycles. The number of carboxylic acid groups (broad SMARTS) is 1. The summed E-state index contributed by atoms with van der Waals surface area (Å²) >= 11 is 0. The van der Waals surface area contributed by atoms with E-state index < -0.39 is 5.97 Å². The minimum absolute atomic E-state index is 0. The predicted molar refractivity (Wildman–Crippen MR) is 102 cm³/mol. The van der Waals surface area contributed by atoms with Gasteiger partial charge in [0, 0.05) is 32.3 Å². The minimum Gasteiger partial charge on any atom is -0.481 e. The summed E-state index contributed by atoms with van der Waals surface area (Å²) in [5.41, 5.74) is 0. The zero-order valence-corrected chi connectivity index (χ0v) is 19.0. The third kappa shape index (κ3) is 24.7. The Morgan fingerprint density at radius 3 is 1.09 bits per heavy atom. The predicted octanol–water partition coefficient (Wildman–Crippen LogP) is 6.73. The van der Waals surface area contributed by atoms with Crippen molar-refractivity contribution in [1.29, 1.82) is 0 Å². The second-order valence-corrected chi connectivity index (χ2v) is 6.80. The molecular formula is C20H40InO2. The second-order valence-electron chi connectivity index (χ2n) is 6.80. The molecule has 0 spiro atoms. The molecule has 0 atom stereocenters. The van der Waals surface area contributed by atoms with E-state index in [1.165, 1.54) is 96.3 Å². The molecule has 0 saturated carbocycles. The van der Waals surface area contributed by atoms with Crippen molar-refractivity contribution < 1.29 is 9.90 Å². The van der Waals surface area contributed by atoms with Gasteiger partial charge in [-0.05, 0) is 6.42 Å². The van der Waals surface area contributed by atoms with Gasteiger partial charge >= 0.3 is 5.97 Å². The molecule has 2 nitrogen and oxygen atoms in total. The van der Waals surface area contributed by atoms with Gasteiger partial charge in [-0.3, -0.25) is 4.79 Å². The number of hydrogen-bond acceptors (Lipinski definition) is 1. The van der Waals surface area contributed by atoms with Crippen molar-refractivity contribution >= 4 is 31.8 Å². The van der Waals surface area contributed by atoms with Crippen molar-refractivity contribution in [2.24, 2.45) is 0 Å². The van der Waals surface area contributed by atoms with Crippen LogP contribution in [0.15, 0.2) is 0 Å². The fraction of sp³-hybridized carbons (Fsp3) is 0.950. The largest absolute Gasteiger partial charge is 0.481 e. The second kappa shape index (κ2) is 22.3. The van der Waals surface area contributed by atoms with Gasteiger partial charge in [-0.25, -0.2) is 0 Å². The SMILES string of the molecule is CCCCCCCCCCCCCCCCCCCC(=O)O.[In]. The zero-order chi connectivity index (χ0) is 16.3. The fourth-order valence-corrected chi connectivity index (χ4v) is 3.00. The van der Waals surface area contributed by atoms with Gasteiger partial charge in [0.2, 0.25) is 0 Å². The Morgan fingerprint density at radius 1 is 0.565 bits per heavy atom. The molecule has 0 heterocycles. The van der Waals surface area contributed by atoms with E-state index in [1.54, 1.807) is 0 Å². The van der Waals surface area contributed by atoms with E-state index in [-0.39, 0.29) is 25.8 Å². The summed E-state index contributed by atoms with van der Waals surface area (Å²) in [6.45, 7) is 2.28. The smallest absolute Gasteiger partial charge is 0.303 e. The molecule has 0 aromatic carbocycles.